The number of hydrogen-bond donors (Lipinski definition) is 1. The fourth-order valence-corrected chi connectivity index (χ4v) is 2.38. The summed E-state index contributed by atoms with van der Waals surface area (Å²) in [6, 6.07) is 6.25. The van der Waals surface area contributed by atoms with E-state index in [-0.39, 0.29) is 0 Å². The van der Waals surface area contributed by atoms with Gasteiger partial charge in [-0.25, -0.2) is 0 Å². The summed E-state index contributed by atoms with van der Waals surface area (Å²) in [4.78, 5) is 0. The van der Waals surface area contributed by atoms with Gasteiger partial charge in [0.05, 0.1) is 13.7 Å². The van der Waals surface area contributed by atoms with Crippen molar-refractivity contribution in [3.8, 4) is 5.75 Å². The first-order valence-electron chi connectivity index (χ1n) is 5.72. The lowest BCUT2D eigenvalue weighted by molar-refractivity contribution is 0.180. The van der Waals surface area contributed by atoms with Gasteiger partial charge in [-0.15, -0.1) is 0 Å². The van der Waals surface area contributed by atoms with Crippen LogP contribution in [0.4, 0.5) is 0 Å². The Balaban J connectivity index is 2.33. The van der Waals surface area contributed by atoms with Gasteiger partial charge in [0.1, 0.15) is 5.75 Å². The van der Waals surface area contributed by atoms with Crippen LogP contribution in [0.5, 0.6) is 5.75 Å². The summed E-state index contributed by atoms with van der Waals surface area (Å²) in [5.74, 6) is 1.53. The third-order valence-corrected chi connectivity index (χ3v) is 3.18. The van der Waals surface area contributed by atoms with E-state index in [1.54, 1.807) is 14.2 Å². The van der Waals surface area contributed by atoms with Gasteiger partial charge in [-0.3, -0.25) is 0 Å². The van der Waals surface area contributed by atoms with E-state index < -0.39 is 0 Å². The molecule has 0 spiro atoms. The minimum atomic E-state index is 0.597. The molecule has 0 radical (unpaired) electrons. The normalized spacial score (nSPS) is 20.0. The van der Waals surface area contributed by atoms with Gasteiger partial charge >= 0.3 is 0 Å². The van der Waals surface area contributed by atoms with Crippen molar-refractivity contribution in [3.05, 3.63) is 29.3 Å². The molecule has 0 amide bonds. The summed E-state index contributed by atoms with van der Waals surface area (Å²) in [5, 5.41) is 3.40. The lowest BCUT2D eigenvalue weighted by atomic mass is 9.93. The zero-order chi connectivity index (χ0) is 11.4. The first-order valence-corrected chi connectivity index (χ1v) is 5.72. The largest absolute Gasteiger partial charge is 0.496 e. The van der Waals surface area contributed by atoms with Gasteiger partial charge in [-0.05, 0) is 30.5 Å². The summed E-state index contributed by atoms with van der Waals surface area (Å²) in [6.07, 6.45) is 1.20. The van der Waals surface area contributed by atoms with Crippen LogP contribution in [0.25, 0.3) is 0 Å². The molecule has 88 valence electrons. The fourth-order valence-electron chi connectivity index (χ4n) is 2.38. The van der Waals surface area contributed by atoms with Gasteiger partial charge in [-0.2, -0.15) is 0 Å². The first kappa shape index (κ1) is 11.4. The topological polar surface area (TPSA) is 30.5 Å². The van der Waals surface area contributed by atoms with E-state index in [1.165, 1.54) is 17.5 Å². The molecule has 1 atom stereocenters. The molecule has 1 aromatic carbocycles. The molecule has 1 fully saturated rings. The minimum absolute atomic E-state index is 0.597. The van der Waals surface area contributed by atoms with Crippen LogP contribution in [0, 0.1) is 0 Å². The van der Waals surface area contributed by atoms with Crippen LogP contribution in [-0.2, 0) is 11.3 Å². The third-order valence-electron chi connectivity index (χ3n) is 3.18. The lowest BCUT2D eigenvalue weighted by Gasteiger charge is -2.17. The van der Waals surface area contributed by atoms with Crippen molar-refractivity contribution >= 4 is 0 Å². The van der Waals surface area contributed by atoms with E-state index in [0.717, 1.165) is 18.8 Å². The summed E-state index contributed by atoms with van der Waals surface area (Å²) >= 11 is 0. The Bertz CT molecular complexity index is 346. The predicted octanol–water partition coefficient (Wildman–Crippen LogP) is 1.92. The van der Waals surface area contributed by atoms with E-state index in [0.29, 0.717) is 12.5 Å². The first-order chi connectivity index (χ1) is 7.86. The molecule has 1 N–H and O–H groups in total. The van der Waals surface area contributed by atoms with Crippen molar-refractivity contribution in [1.82, 2.24) is 5.32 Å². The second kappa shape index (κ2) is 5.32. The molecular weight excluding hydrogens is 202 g/mol. The van der Waals surface area contributed by atoms with Crippen molar-refractivity contribution in [1.29, 1.82) is 0 Å². The molecular formula is C13H19NO2. The number of benzene rings is 1. The molecule has 0 aromatic heterocycles. The summed E-state index contributed by atoms with van der Waals surface area (Å²) in [6.45, 7) is 2.79. The predicted molar refractivity (Wildman–Crippen MR) is 63.9 cm³/mol. The van der Waals surface area contributed by atoms with Crippen LogP contribution in [0.15, 0.2) is 18.2 Å². The highest BCUT2D eigenvalue weighted by molar-refractivity contribution is 5.42. The van der Waals surface area contributed by atoms with E-state index >= 15 is 0 Å². The van der Waals surface area contributed by atoms with Crippen molar-refractivity contribution in [3.63, 3.8) is 0 Å². The number of hydrogen-bond acceptors (Lipinski definition) is 3. The third kappa shape index (κ3) is 2.20. The maximum Gasteiger partial charge on any atom is 0.124 e. The van der Waals surface area contributed by atoms with Crippen molar-refractivity contribution in [2.75, 3.05) is 27.3 Å². The molecule has 3 heteroatoms. The van der Waals surface area contributed by atoms with Gasteiger partial charge in [0, 0.05) is 19.2 Å². The number of ether oxygens (including phenoxy) is 2. The maximum absolute atomic E-state index is 5.40. The molecule has 1 aromatic rings. The summed E-state index contributed by atoms with van der Waals surface area (Å²) < 4.78 is 10.7. The molecule has 1 aliphatic rings. The van der Waals surface area contributed by atoms with E-state index in [1.807, 2.05) is 6.07 Å². The Morgan fingerprint density at radius 2 is 2.25 bits per heavy atom. The number of nitrogens with one attached hydrogen (secondary N) is 1. The summed E-state index contributed by atoms with van der Waals surface area (Å²) in [5.41, 5.74) is 2.56. The van der Waals surface area contributed by atoms with E-state index in [9.17, 15) is 0 Å². The highest BCUT2D eigenvalue weighted by Crippen LogP contribution is 2.31. The van der Waals surface area contributed by atoms with Gasteiger partial charge in [-0.1, -0.05) is 12.1 Å². The van der Waals surface area contributed by atoms with Crippen LogP contribution in [-0.4, -0.2) is 27.3 Å². The number of methoxy groups -OCH3 is 2. The quantitative estimate of drug-likeness (QED) is 0.842. The van der Waals surface area contributed by atoms with Gasteiger partial charge in [0.25, 0.3) is 0 Å². The van der Waals surface area contributed by atoms with Gasteiger partial charge in [0.15, 0.2) is 0 Å². The SMILES string of the molecule is COCc1c(OC)cccc1[C@H]1CCNC1. The van der Waals surface area contributed by atoms with Crippen molar-refractivity contribution < 1.29 is 9.47 Å². The Hall–Kier alpha value is -1.06. The molecule has 0 unspecified atom stereocenters. The molecule has 0 bridgehead atoms. The monoisotopic (exact) mass is 221 g/mol. The Morgan fingerprint density at radius 1 is 1.38 bits per heavy atom. The average Bonchev–Trinajstić information content (AvgIpc) is 2.83. The van der Waals surface area contributed by atoms with Gasteiger partial charge < -0.3 is 14.8 Å². The fraction of sp³-hybridized carbons (Fsp3) is 0.538. The maximum atomic E-state index is 5.40. The molecule has 1 aliphatic heterocycles. The minimum Gasteiger partial charge on any atom is -0.496 e. The van der Waals surface area contributed by atoms with Crippen LogP contribution >= 0.6 is 0 Å². The Morgan fingerprint density at radius 3 is 2.88 bits per heavy atom. The summed E-state index contributed by atoms with van der Waals surface area (Å²) in [7, 11) is 3.44. The number of rotatable bonds is 4. The lowest BCUT2D eigenvalue weighted by Crippen LogP contribution is -2.10. The second-order valence-corrected chi connectivity index (χ2v) is 4.15. The van der Waals surface area contributed by atoms with E-state index in [4.69, 9.17) is 9.47 Å². The van der Waals surface area contributed by atoms with Crippen LogP contribution in [0.2, 0.25) is 0 Å². The van der Waals surface area contributed by atoms with Crippen LogP contribution in [0.3, 0.4) is 0 Å². The Kier molecular flexibility index (Phi) is 3.80. The zero-order valence-electron chi connectivity index (χ0n) is 9.95. The molecule has 2 rings (SSSR count). The Labute approximate surface area is 96.8 Å². The smallest absolute Gasteiger partial charge is 0.124 e. The molecule has 1 heterocycles. The molecule has 1 saturated heterocycles. The second-order valence-electron chi connectivity index (χ2n) is 4.15. The van der Waals surface area contributed by atoms with Crippen molar-refractivity contribution in [2.45, 2.75) is 18.9 Å². The van der Waals surface area contributed by atoms with Crippen LogP contribution in [0.1, 0.15) is 23.5 Å². The zero-order valence-corrected chi connectivity index (χ0v) is 9.95. The average molecular weight is 221 g/mol. The molecule has 3 nitrogen and oxygen atoms in total. The highest BCUT2D eigenvalue weighted by atomic mass is 16.5. The standard InChI is InChI=1S/C13H19NO2/c1-15-9-12-11(10-6-7-14-8-10)4-3-5-13(12)16-2/h3-5,10,14H,6-9H2,1-2H3/t10-/m0/s1. The van der Waals surface area contributed by atoms with Crippen molar-refractivity contribution in [2.24, 2.45) is 0 Å². The highest BCUT2D eigenvalue weighted by Gasteiger charge is 2.21. The molecule has 0 aliphatic carbocycles. The van der Waals surface area contributed by atoms with E-state index in [2.05, 4.69) is 17.4 Å². The molecule has 0 saturated carbocycles. The van der Waals surface area contributed by atoms with Crippen LogP contribution < -0.4 is 10.1 Å². The molecule has 16 heavy (non-hydrogen) atoms. The van der Waals surface area contributed by atoms with Gasteiger partial charge in [0.2, 0.25) is 0 Å².